The molecule has 1 saturated heterocycles. The predicted octanol–water partition coefficient (Wildman–Crippen LogP) is 1.69. The SMILES string of the molecule is CC(C)C[C@@H](C(=O)OCC(=O)Nc1sccc1C(N)=O)N1C(=O)[C@H]2CC=CC[C@@H]2C1=O. The number of nitrogens with zero attached hydrogens (tertiary/aromatic N) is 1. The first-order valence-corrected chi connectivity index (χ1v) is 10.9. The molecule has 31 heavy (non-hydrogen) atoms. The molecule has 0 aromatic carbocycles. The van der Waals surface area contributed by atoms with Crippen LogP contribution in [0.25, 0.3) is 0 Å². The molecule has 1 aromatic heterocycles. The van der Waals surface area contributed by atoms with E-state index in [0.29, 0.717) is 12.8 Å². The van der Waals surface area contributed by atoms with Crippen LogP contribution in [-0.2, 0) is 23.9 Å². The van der Waals surface area contributed by atoms with Gasteiger partial charge in [-0.25, -0.2) is 4.79 Å². The molecule has 3 rings (SSSR count). The first-order chi connectivity index (χ1) is 14.7. The van der Waals surface area contributed by atoms with Crippen molar-refractivity contribution in [1.82, 2.24) is 4.90 Å². The van der Waals surface area contributed by atoms with E-state index in [1.165, 1.54) is 6.07 Å². The van der Waals surface area contributed by atoms with Gasteiger partial charge in [0.2, 0.25) is 11.8 Å². The number of esters is 1. The number of nitrogens with two attached hydrogens (primary N) is 1. The van der Waals surface area contributed by atoms with E-state index < -0.39 is 42.3 Å². The number of ether oxygens (including phenoxy) is 1. The maximum absolute atomic E-state index is 12.9. The molecule has 0 saturated carbocycles. The number of fused-ring (bicyclic) bond motifs is 1. The highest BCUT2D eigenvalue weighted by molar-refractivity contribution is 7.14. The third kappa shape index (κ3) is 4.84. The minimum Gasteiger partial charge on any atom is -0.454 e. The van der Waals surface area contributed by atoms with Crippen LogP contribution < -0.4 is 11.1 Å². The Balaban J connectivity index is 1.67. The molecule has 1 aliphatic carbocycles. The summed E-state index contributed by atoms with van der Waals surface area (Å²) in [7, 11) is 0. The highest BCUT2D eigenvalue weighted by Gasteiger charge is 2.51. The van der Waals surface area contributed by atoms with Crippen LogP contribution in [0.3, 0.4) is 0 Å². The van der Waals surface area contributed by atoms with Gasteiger partial charge < -0.3 is 15.8 Å². The molecular weight excluding hydrogens is 422 g/mol. The molecule has 10 heteroatoms. The van der Waals surface area contributed by atoms with Gasteiger partial charge in [-0.2, -0.15) is 0 Å². The highest BCUT2D eigenvalue weighted by atomic mass is 32.1. The van der Waals surface area contributed by atoms with Gasteiger partial charge in [-0.15, -0.1) is 11.3 Å². The Morgan fingerprint density at radius 1 is 1.19 bits per heavy atom. The molecule has 2 aliphatic rings. The van der Waals surface area contributed by atoms with E-state index in [4.69, 9.17) is 10.5 Å². The number of nitrogens with one attached hydrogen (secondary N) is 1. The normalized spacial score (nSPS) is 21.2. The van der Waals surface area contributed by atoms with Crippen molar-refractivity contribution in [1.29, 1.82) is 0 Å². The van der Waals surface area contributed by atoms with E-state index in [-0.39, 0.29) is 34.7 Å². The van der Waals surface area contributed by atoms with Crippen LogP contribution >= 0.6 is 11.3 Å². The van der Waals surface area contributed by atoms with Gasteiger partial charge in [0, 0.05) is 0 Å². The molecule has 3 atom stereocenters. The largest absolute Gasteiger partial charge is 0.454 e. The van der Waals surface area contributed by atoms with E-state index in [2.05, 4.69) is 5.32 Å². The van der Waals surface area contributed by atoms with Crippen LogP contribution in [0.1, 0.15) is 43.5 Å². The molecule has 1 aromatic rings. The van der Waals surface area contributed by atoms with Crippen molar-refractivity contribution < 1.29 is 28.7 Å². The molecule has 2 heterocycles. The maximum atomic E-state index is 12.9. The smallest absolute Gasteiger partial charge is 0.329 e. The summed E-state index contributed by atoms with van der Waals surface area (Å²) in [6, 6.07) is 0.396. The summed E-state index contributed by atoms with van der Waals surface area (Å²) >= 11 is 1.11. The number of carbonyl (C=O) groups is 5. The summed E-state index contributed by atoms with van der Waals surface area (Å²) in [4.78, 5) is 63.1. The van der Waals surface area contributed by atoms with Crippen molar-refractivity contribution in [2.75, 3.05) is 11.9 Å². The Morgan fingerprint density at radius 3 is 2.35 bits per heavy atom. The summed E-state index contributed by atoms with van der Waals surface area (Å²) in [6.07, 6.45) is 4.94. The van der Waals surface area contributed by atoms with Gasteiger partial charge in [-0.3, -0.25) is 24.1 Å². The molecule has 0 bridgehead atoms. The first kappa shape index (κ1) is 22.7. The van der Waals surface area contributed by atoms with E-state index >= 15 is 0 Å². The lowest BCUT2D eigenvalue weighted by molar-refractivity contribution is -0.160. The molecule has 3 N–H and O–H groups in total. The summed E-state index contributed by atoms with van der Waals surface area (Å²) in [5, 5.41) is 4.34. The summed E-state index contributed by atoms with van der Waals surface area (Å²) in [5.41, 5.74) is 5.40. The van der Waals surface area contributed by atoms with Crippen molar-refractivity contribution in [2.24, 2.45) is 23.5 Å². The number of thiophene rings is 1. The molecule has 9 nitrogen and oxygen atoms in total. The van der Waals surface area contributed by atoms with Crippen LogP contribution in [0.4, 0.5) is 5.00 Å². The van der Waals surface area contributed by atoms with E-state index in [0.717, 1.165) is 16.2 Å². The Hall–Kier alpha value is -3.01. The zero-order valence-corrected chi connectivity index (χ0v) is 18.1. The van der Waals surface area contributed by atoms with Gasteiger partial charge in [0.25, 0.3) is 11.8 Å². The maximum Gasteiger partial charge on any atom is 0.329 e. The van der Waals surface area contributed by atoms with E-state index in [9.17, 15) is 24.0 Å². The van der Waals surface area contributed by atoms with Crippen molar-refractivity contribution in [3.05, 3.63) is 29.2 Å². The Kier molecular flexibility index (Phi) is 6.89. The number of allylic oxidation sites excluding steroid dienone is 2. The lowest BCUT2D eigenvalue weighted by Crippen LogP contribution is -2.47. The van der Waals surface area contributed by atoms with Crippen LogP contribution in [0.5, 0.6) is 0 Å². The number of rotatable bonds is 8. The van der Waals surface area contributed by atoms with E-state index in [1.54, 1.807) is 5.38 Å². The fraction of sp³-hybridized carbons (Fsp3) is 0.476. The minimum atomic E-state index is -1.08. The molecule has 0 radical (unpaired) electrons. The zero-order valence-electron chi connectivity index (χ0n) is 17.3. The molecule has 0 unspecified atom stereocenters. The molecular formula is C21H25N3O6S. The number of anilines is 1. The first-order valence-electron chi connectivity index (χ1n) is 10.1. The predicted molar refractivity (Wildman–Crippen MR) is 113 cm³/mol. The standard InChI is InChI=1S/C21H25N3O6S/c1-11(2)9-15(24-19(27)12-5-3-4-6-13(12)20(24)28)21(29)30-10-16(25)23-18-14(17(22)26)7-8-31-18/h3-4,7-8,11-13,15H,5-6,9-10H2,1-2H3,(H2,22,26)(H,23,25)/t12-,13-,15-/m0/s1. The second-order valence-electron chi connectivity index (χ2n) is 8.03. The molecule has 0 spiro atoms. The van der Waals surface area contributed by atoms with Gasteiger partial charge in [-0.05, 0) is 36.6 Å². The summed E-state index contributed by atoms with van der Waals surface area (Å²) in [5.74, 6) is -3.77. The zero-order chi connectivity index (χ0) is 22.7. The fourth-order valence-corrected chi connectivity index (χ4v) is 4.69. The number of carbonyl (C=O) groups excluding carboxylic acids is 5. The number of hydrogen-bond donors (Lipinski definition) is 2. The average Bonchev–Trinajstić information content (AvgIpc) is 3.28. The van der Waals surface area contributed by atoms with Crippen LogP contribution in [0, 0.1) is 17.8 Å². The summed E-state index contributed by atoms with van der Waals surface area (Å²) < 4.78 is 5.15. The third-order valence-corrected chi connectivity index (χ3v) is 6.18. The average molecular weight is 448 g/mol. The Bertz CT molecular complexity index is 911. The second-order valence-corrected chi connectivity index (χ2v) is 8.95. The second kappa shape index (κ2) is 9.42. The van der Waals surface area contributed by atoms with Gasteiger partial charge in [0.15, 0.2) is 6.61 Å². The molecule has 166 valence electrons. The lowest BCUT2D eigenvalue weighted by atomic mass is 9.85. The minimum absolute atomic E-state index is 0.0111. The van der Waals surface area contributed by atoms with Crippen LogP contribution in [0.2, 0.25) is 0 Å². The fourth-order valence-electron chi connectivity index (χ4n) is 3.88. The lowest BCUT2D eigenvalue weighted by Gasteiger charge is -2.26. The number of hydrogen-bond acceptors (Lipinski definition) is 7. The monoisotopic (exact) mass is 447 g/mol. The number of amides is 4. The van der Waals surface area contributed by atoms with Crippen LogP contribution in [-0.4, -0.2) is 47.1 Å². The number of imide groups is 1. The van der Waals surface area contributed by atoms with Gasteiger partial charge in [0.05, 0.1) is 17.4 Å². The van der Waals surface area contributed by atoms with Gasteiger partial charge >= 0.3 is 5.97 Å². The topological polar surface area (TPSA) is 136 Å². The van der Waals surface area contributed by atoms with Crippen molar-refractivity contribution >= 4 is 45.9 Å². The number of likely N-dealkylation sites (tertiary alicyclic amines) is 1. The Labute approximate surface area is 183 Å². The van der Waals surface area contributed by atoms with Gasteiger partial charge in [0.1, 0.15) is 11.0 Å². The Morgan fingerprint density at radius 2 is 1.81 bits per heavy atom. The van der Waals surface area contributed by atoms with Crippen molar-refractivity contribution in [3.8, 4) is 0 Å². The van der Waals surface area contributed by atoms with Crippen molar-refractivity contribution in [2.45, 2.75) is 39.2 Å². The van der Waals surface area contributed by atoms with Gasteiger partial charge in [-0.1, -0.05) is 26.0 Å². The van der Waals surface area contributed by atoms with E-state index in [1.807, 2.05) is 26.0 Å². The quantitative estimate of drug-likeness (QED) is 0.354. The third-order valence-electron chi connectivity index (χ3n) is 5.35. The highest BCUT2D eigenvalue weighted by Crippen LogP contribution is 2.37. The molecule has 1 aliphatic heterocycles. The summed E-state index contributed by atoms with van der Waals surface area (Å²) in [6.45, 7) is 3.12. The van der Waals surface area contributed by atoms with Crippen LogP contribution in [0.15, 0.2) is 23.6 Å². The number of primary amides is 1. The molecule has 1 fully saturated rings. The van der Waals surface area contributed by atoms with Crippen molar-refractivity contribution in [3.63, 3.8) is 0 Å². The molecule has 4 amide bonds.